The molecule has 2 aromatic carbocycles. The third kappa shape index (κ3) is 3.05. The number of aryl methyl sites for hydroxylation is 1. The number of nitrogens with zero attached hydrogens (tertiary/aromatic N) is 1. The molecule has 0 radical (unpaired) electrons. The normalized spacial score (nSPS) is 11.0. The Kier molecular flexibility index (Phi) is 4.40. The molecule has 3 nitrogen and oxygen atoms in total. The van der Waals surface area contributed by atoms with Gasteiger partial charge in [0.2, 0.25) is 0 Å². The Bertz CT molecular complexity index is 944. The lowest BCUT2D eigenvalue weighted by Gasteiger charge is -2.09. The Balaban J connectivity index is 1.93. The average molecular weight is 347 g/mol. The van der Waals surface area contributed by atoms with Crippen LogP contribution in [0.1, 0.15) is 23.1 Å². The first-order valence-electron chi connectivity index (χ1n) is 7.02. The first-order valence-corrected chi connectivity index (χ1v) is 7.83. The maximum atomic E-state index is 13.5. The zero-order valence-corrected chi connectivity index (χ0v) is 13.3. The number of nitrogens with one attached hydrogen (secondary N) is 2. The summed E-state index contributed by atoms with van der Waals surface area (Å²) < 4.78 is 42.7. The summed E-state index contributed by atoms with van der Waals surface area (Å²) in [7, 11) is 0. The van der Waals surface area contributed by atoms with Crippen molar-refractivity contribution in [2.75, 3.05) is 4.72 Å². The zero-order chi connectivity index (χ0) is 17.3. The van der Waals surface area contributed by atoms with E-state index in [1.807, 2.05) is 6.07 Å². The highest BCUT2D eigenvalue weighted by Crippen LogP contribution is 2.35. The van der Waals surface area contributed by atoms with Gasteiger partial charge in [-0.2, -0.15) is 5.26 Å². The van der Waals surface area contributed by atoms with Gasteiger partial charge in [-0.1, -0.05) is 6.07 Å². The molecule has 24 heavy (non-hydrogen) atoms. The summed E-state index contributed by atoms with van der Waals surface area (Å²) in [5, 5.41) is 9.36. The summed E-state index contributed by atoms with van der Waals surface area (Å²) in [6, 6.07) is 9.39. The van der Waals surface area contributed by atoms with Crippen LogP contribution >= 0.6 is 11.9 Å². The third-order valence-electron chi connectivity index (χ3n) is 3.59. The molecule has 7 heteroatoms. The maximum absolute atomic E-state index is 13.5. The van der Waals surface area contributed by atoms with Gasteiger partial charge in [0.1, 0.15) is 5.82 Å². The number of anilines is 1. The molecule has 0 unspecified atom stereocenters. The third-order valence-corrected chi connectivity index (χ3v) is 4.38. The molecule has 0 spiro atoms. The lowest BCUT2D eigenvalue weighted by atomic mass is 10.1. The maximum Gasteiger partial charge on any atom is 0.265 e. The molecule has 0 saturated carbocycles. The molecule has 0 saturated heterocycles. The molecule has 3 rings (SSSR count). The van der Waals surface area contributed by atoms with Crippen molar-refractivity contribution in [2.24, 2.45) is 0 Å². The van der Waals surface area contributed by atoms with Gasteiger partial charge in [0.15, 0.2) is 0 Å². The van der Waals surface area contributed by atoms with Crippen LogP contribution in [0.2, 0.25) is 0 Å². The average Bonchev–Trinajstić information content (AvgIpc) is 3.00. The number of hydrogen-bond acceptors (Lipinski definition) is 3. The van der Waals surface area contributed by atoms with E-state index in [9.17, 15) is 13.2 Å². The second kappa shape index (κ2) is 6.49. The van der Waals surface area contributed by atoms with Crippen molar-refractivity contribution in [2.45, 2.75) is 18.2 Å². The number of benzene rings is 2. The minimum atomic E-state index is -2.57. The fourth-order valence-electron chi connectivity index (χ4n) is 2.51. The molecule has 0 amide bonds. The molecular weight excluding hydrogens is 335 g/mol. The molecule has 1 heterocycles. The van der Waals surface area contributed by atoms with E-state index in [0.29, 0.717) is 21.5 Å². The Morgan fingerprint density at radius 1 is 1.25 bits per heavy atom. The van der Waals surface area contributed by atoms with Crippen LogP contribution in [0.3, 0.4) is 0 Å². The molecule has 0 fully saturated rings. The highest BCUT2D eigenvalue weighted by Gasteiger charge is 2.17. The monoisotopic (exact) mass is 347 g/mol. The van der Waals surface area contributed by atoms with Gasteiger partial charge < -0.3 is 9.71 Å². The van der Waals surface area contributed by atoms with Crippen molar-refractivity contribution >= 4 is 28.5 Å². The van der Waals surface area contributed by atoms with E-state index < -0.39 is 12.2 Å². The van der Waals surface area contributed by atoms with Gasteiger partial charge in [0.05, 0.1) is 22.8 Å². The number of hydrogen-bond donors (Lipinski definition) is 2. The van der Waals surface area contributed by atoms with Crippen LogP contribution in [0.4, 0.5) is 18.9 Å². The van der Waals surface area contributed by atoms with Gasteiger partial charge in [-0.3, -0.25) is 0 Å². The van der Waals surface area contributed by atoms with Gasteiger partial charge in [-0.05, 0) is 48.7 Å². The Labute approximate surface area is 140 Å². The lowest BCUT2D eigenvalue weighted by Crippen LogP contribution is -1.91. The summed E-state index contributed by atoms with van der Waals surface area (Å²) in [5.41, 5.74) is 2.08. The summed E-state index contributed by atoms with van der Waals surface area (Å²) in [6.45, 7) is 1.77. The van der Waals surface area contributed by atoms with Crippen LogP contribution < -0.4 is 4.72 Å². The Morgan fingerprint density at radius 2 is 2.04 bits per heavy atom. The predicted octanol–water partition coefficient (Wildman–Crippen LogP) is 5.54. The second-order valence-corrected chi connectivity index (χ2v) is 6.10. The van der Waals surface area contributed by atoms with Crippen LogP contribution in [-0.4, -0.2) is 4.98 Å². The van der Waals surface area contributed by atoms with Crippen LogP contribution in [0, 0.1) is 24.1 Å². The smallest absolute Gasteiger partial charge is 0.265 e. The van der Waals surface area contributed by atoms with Gasteiger partial charge in [-0.15, -0.1) is 0 Å². The number of fused-ring (bicyclic) bond motifs is 1. The molecule has 2 N–H and O–H groups in total. The zero-order valence-electron chi connectivity index (χ0n) is 12.5. The van der Waals surface area contributed by atoms with Crippen molar-refractivity contribution in [1.82, 2.24) is 4.98 Å². The second-order valence-electron chi connectivity index (χ2n) is 5.22. The van der Waals surface area contributed by atoms with E-state index in [2.05, 4.69) is 9.71 Å². The number of aromatic nitrogens is 1. The molecule has 0 aliphatic rings. The van der Waals surface area contributed by atoms with Gasteiger partial charge in [-0.25, -0.2) is 13.2 Å². The number of halogens is 3. The lowest BCUT2D eigenvalue weighted by molar-refractivity contribution is 0.153. The van der Waals surface area contributed by atoms with Crippen molar-refractivity contribution in [3.8, 4) is 6.07 Å². The van der Waals surface area contributed by atoms with Crippen molar-refractivity contribution in [3.63, 3.8) is 0 Å². The van der Waals surface area contributed by atoms with Gasteiger partial charge >= 0.3 is 0 Å². The molecule has 0 aliphatic heterocycles. The molecule has 3 aromatic rings. The molecule has 0 aliphatic carbocycles. The summed E-state index contributed by atoms with van der Waals surface area (Å²) in [6.07, 6.45) is -1.27. The quantitative estimate of drug-likeness (QED) is 0.609. The van der Waals surface area contributed by atoms with E-state index in [4.69, 9.17) is 5.26 Å². The van der Waals surface area contributed by atoms with E-state index in [0.717, 1.165) is 23.6 Å². The molecular formula is C17H12F3N3S. The van der Waals surface area contributed by atoms with Crippen LogP contribution in [0.25, 0.3) is 10.9 Å². The molecule has 0 bridgehead atoms. The van der Waals surface area contributed by atoms with Crippen LogP contribution in [0.5, 0.6) is 0 Å². The summed E-state index contributed by atoms with van der Waals surface area (Å²) >= 11 is 1.11. The number of H-pyrrole nitrogens is 1. The minimum absolute atomic E-state index is 0.0475. The molecule has 122 valence electrons. The first kappa shape index (κ1) is 16.3. The van der Waals surface area contributed by atoms with Crippen LogP contribution in [0.15, 0.2) is 41.4 Å². The van der Waals surface area contributed by atoms with Crippen LogP contribution in [-0.2, 0) is 0 Å². The van der Waals surface area contributed by atoms with Crippen molar-refractivity contribution < 1.29 is 13.2 Å². The highest BCUT2D eigenvalue weighted by atomic mass is 32.2. The summed E-state index contributed by atoms with van der Waals surface area (Å²) in [4.78, 5) is 3.38. The number of alkyl halides is 2. The summed E-state index contributed by atoms with van der Waals surface area (Å²) in [5.74, 6) is -0.507. The highest BCUT2D eigenvalue weighted by molar-refractivity contribution is 8.00. The van der Waals surface area contributed by atoms with Crippen molar-refractivity contribution in [3.05, 3.63) is 59.0 Å². The number of nitriles is 1. The molecule has 0 atom stereocenters. The minimum Gasteiger partial charge on any atom is -0.359 e. The van der Waals surface area contributed by atoms with E-state index in [1.54, 1.807) is 25.1 Å². The fraction of sp³-hybridized carbons (Fsp3) is 0.118. The Hall–Kier alpha value is -2.59. The van der Waals surface area contributed by atoms with E-state index >= 15 is 0 Å². The first-order chi connectivity index (χ1) is 11.5. The SMILES string of the molecule is Cc1ccc(NSc2cc(F)cc(C#N)c2)c2[nH]cc(C(F)F)c12. The number of rotatable bonds is 4. The Morgan fingerprint density at radius 3 is 2.75 bits per heavy atom. The van der Waals surface area contributed by atoms with E-state index in [-0.39, 0.29) is 11.1 Å². The largest absolute Gasteiger partial charge is 0.359 e. The van der Waals surface area contributed by atoms with Gasteiger partial charge in [0.25, 0.3) is 6.43 Å². The van der Waals surface area contributed by atoms with E-state index in [1.165, 1.54) is 12.3 Å². The molecule has 1 aromatic heterocycles. The topological polar surface area (TPSA) is 51.6 Å². The van der Waals surface area contributed by atoms with Crippen molar-refractivity contribution in [1.29, 1.82) is 5.26 Å². The number of aromatic amines is 1. The fourth-order valence-corrected chi connectivity index (χ4v) is 3.26. The predicted molar refractivity (Wildman–Crippen MR) is 88.6 cm³/mol. The standard InChI is InChI=1S/C17H12F3N3S/c1-9-2-3-14(16-15(9)13(8-22-16)17(19)20)23-24-12-5-10(7-21)4-11(18)6-12/h2-6,8,17,22-23H,1H3. The van der Waals surface area contributed by atoms with Gasteiger partial charge in [0, 0.05) is 22.0 Å².